The van der Waals surface area contributed by atoms with Gasteiger partial charge in [0, 0.05) is 4.47 Å². The van der Waals surface area contributed by atoms with Gasteiger partial charge in [-0.25, -0.2) is 4.39 Å². The van der Waals surface area contributed by atoms with Crippen molar-refractivity contribution in [1.82, 2.24) is 0 Å². The van der Waals surface area contributed by atoms with Gasteiger partial charge in [-0.15, -0.1) is 0 Å². The first kappa shape index (κ1) is 13.7. The maximum atomic E-state index is 13.1. The fourth-order valence-electron chi connectivity index (χ4n) is 1.94. The van der Waals surface area contributed by atoms with Crippen LogP contribution in [-0.4, -0.2) is 6.54 Å². The Morgan fingerprint density at radius 2 is 2.06 bits per heavy atom. The molecule has 0 radical (unpaired) electrons. The van der Waals surface area contributed by atoms with Crippen molar-refractivity contribution in [2.75, 3.05) is 6.54 Å². The van der Waals surface area contributed by atoms with Crippen LogP contribution in [0.15, 0.2) is 22.7 Å². The molecule has 0 heterocycles. The van der Waals surface area contributed by atoms with Gasteiger partial charge in [0.2, 0.25) is 0 Å². The van der Waals surface area contributed by atoms with Crippen molar-refractivity contribution in [3.8, 4) is 0 Å². The van der Waals surface area contributed by atoms with Crippen LogP contribution in [0.1, 0.15) is 25.8 Å². The molecule has 0 aliphatic carbocycles. The van der Waals surface area contributed by atoms with Gasteiger partial charge in [0.1, 0.15) is 5.82 Å². The predicted octanol–water partition coefficient (Wildman–Crippen LogP) is 3.75. The summed E-state index contributed by atoms with van der Waals surface area (Å²) in [6.07, 6.45) is 1.92. The molecule has 0 saturated carbocycles. The van der Waals surface area contributed by atoms with E-state index in [4.69, 9.17) is 5.73 Å². The maximum absolute atomic E-state index is 13.1. The number of rotatable bonds is 5. The lowest BCUT2D eigenvalue weighted by atomic mass is 9.91. The molecule has 0 aliphatic heterocycles. The fourth-order valence-corrected chi connectivity index (χ4v) is 2.35. The Balaban J connectivity index is 2.73. The molecule has 0 aliphatic rings. The van der Waals surface area contributed by atoms with E-state index in [-0.39, 0.29) is 5.82 Å². The normalized spacial score (nSPS) is 13.1. The van der Waals surface area contributed by atoms with Crippen molar-refractivity contribution >= 4 is 15.9 Å². The van der Waals surface area contributed by atoms with Crippen LogP contribution in [0.5, 0.6) is 0 Å². The standard InChI is InChI=1S/C13H19BrFN/c1-9(2)5-10(8-16)6-11-7-12(15)3-4-13(11)14/h3-4,7,9-10H,5-6,8,16H2,1-2H3. The van der Waals surface area contributed by atoms with Crippen LogP contribution in [0, 0.1) is 17.7 Å². The number of benzene rings is 1. The molecule has 1 atom stereocenters. The molecule has 16 heavy (non-hydrogen) atoms. The van der Waals surface area contributed by atoms with Gasteiger partial charge in [0.15, 0.2) is 0 Å². The summed E-state index contributed by atoms with van der Waals surface area (Å²) in [5.74, 6) is 0.873. The lowest BCUT2D eigenvalue weighted by Gasteiger charge is -2.17. The second-order valence-electron chi connectivity index (χ2n) is 4.67. The molecule has 1 aromatic carbocycles. The van der Waals surface area contributed by atoms with Gasteiger partial charge in [-0.05, 0) is 55.0 Å². The Labute approximate surface area is 105 Å². The highest BCUT2D eigenvalue weighted by Crippen LogP contribution is 2.23. The molecule has 2 N–H and O–H groups in total. The Morgan fingerprint density at radius 1 is 1.38 bits per heavy atom. The van der Waals surface area contributed by atoms with Crippen molar-refractivity contribution < 1.29 is 4.39 Å². The SMILES string of the molecule is CC(C)CC(CN)Cc1cc(F)ccc1Br. The zero-order valence-electron chi connectivity index (χ0n) is 9.84. The fraction of sp³-hybridized carbons (Fsp3) is 0.538. The lowest BCUT2D eigenvalue weighted by molar-refractivity contribution is 0.414. The van der Waals surface area contributed by atoms with E-state index in [0.717, 1.165) is 22.9 Å². The molecule has 0 aromatic heterocycles. The first-order valence-electron chi connectivity index (χ1n) is 5.67. The van der Waals surface area contributed by atoms with E-state index in [0.29, 0.717) is 18.4 Å². The Kier molecular flexibility index (Phi) is 5.42. The largest absolute Gasteiger partial charge is 0.330 e. The summed E-state index contributed by atoms with van der Waals surface area (Å²) in [6, 6.07) is 4.81. The summed E-state index contributed by atoms with van der Waals surface area (Å²) >= 11 is 3.45. The van der Waals surface area contributed by atoms with Gasteiger partial charge in [0.25, 0.3) is 0 Å². The third-order valence-corrected chi connectivity index (χ3v) is 3.43. The average molecular weight is 288 g/mol. The predicted molar refractivity (Wildman–Crippen MR) is 69.8 cm³/mol. The van der Waals surface area contributed by atoms with Crippen molar-refractivity contribution in [3.05, 3.63) is 34.1 Å². The third kappa shape index (κ3) is 4.22. The van der Waals surface area contributed by atoms with Crippen LogP contribution >= 0.6 is 15.9 Å². The van der Waals surface area contributed by atoms with Crippen LogP contribution in [0.2, 0.25) is 0 Å². The van der Waals surface area contributed by atoms with Gasteiger partial charge in [-0.2, -0.15) is 0 Å². The molecule has 1 rings (SSSR count). The van der Waals surface area contributed by atoms with E-state index < -0.39 is 0 Å². The van der Waals surface area contributed by atoms with Gasteiger partial charge in [-0.3, -0.25) is 0 Å². The Morgan fingerprint density at radius 3 is 2.62 bits per heavy atom. The van der Waals surface area contributed by atoms with E-state index in [1.807, 2.05) is 0 Å². The molecular formula is C13H19BrFN. The maximum Gasteiger partial charge on any atom is 0.123 e. The first-order valence-corrected chi connectivity index (χ1v) is 6.46. The summed E-state index contributed by atoms with van der Waals surface area (Å²) in [5, 5.41) is 0. The van der Waals surface area contributed by atoms with Crippen LogP contribution in [0.4, 0.5) is 4.39 Å². The number of hydrogen-bond donors (Lipinski definition) is 1. The Bertz CT molecular complexity index is 339. The summed E-state index contributed by atoms with van der Waals surface area (Å²) in [5.41, 5.74) is 6.76. The highest BCUT2D eigenvalue weighted by Gasteiger charge is 2.12. The molecule has 0 bridgehead atoms. The molecular weight excluding hydrogens is 269 g/mol. The van der Waals surface area contributed by atoms with Gasteiger partial charge in [-0.1, -0.05) is 29.8 Å². The number of nitrogens with two attached hydrogens (primary N) is 1. The molecule has 3 heteroatoms. The molecule has 0 amide bonds. The molecule has 90 valence electrons. The van der Waals surface area contributed by atoms with Crippen LogP contribution in [-0.2, 0) is 6.42 Å². The van der Waals surface area contributed by atoms with E-state index in [2.05, 4.69) is 29.8 Å². The topological polar surface area (TPSA) is 26.0 Å². The molecule has 1 unspecified atom stereocenters. The minimum absolute atomic E-state index is 0.182. The van der Waals surface area contributed by atoms with E-state index in [1.54, 1.807) is 12.1 Å². The molecule has 1 nitrogen and oxygen atoms in total. The van der Waals surface area contributed by atoms with Crippen molar-refractivity contribution in [2.24, 2.45) is 17.6 Å². The smallest absolute Gasteiger partial charge is 0.123 e. The van der Waals surface area contributed by atoms with Gasteiger partial charge in [0.05, 0.1) is 0 Å². The third-order valence-electron chi connectivity index (χ3n) is 2.65. The summed E-state index contributed by atoms with van der Waals surface area (Å²) < 4.78 is 14.1. The van der Waals surface area contributed by atoms with Gasteiger partial charge >= 0.3 is 0 Å². The highest BCUT2D eigenvalue weighted by atomic mass is 79.9. The zero-order valence-corrected chi connectivity index (χ0v) is 11.4. The van der Waals surface area contributed by atoms with Crippen molar-refractivity contribution in [2.45, 2.75) is 26.7 Å². The minimum Gasteiger partial charge on any atom is -0.330 e. The zero-order chi connectivity index (χ0) is 12.1. The van der Waals surface area contributed by atoms with Gasteiger partial charge < -0.3 is 5.73 Å². The van der Waals surface area contributed by atoms with Crippen molar-refractivity contribution in [1.29, 1.82) is 0 Å². The number of hydrogen-bond acceptors (Lipinski definition) is 1. The quantitative estimate of drug-likeness (QED) is 0.877. The molecule has 0 spiro atoms. The Hall–Kier alpha value is -0.410. The second kappa shape index (κ2) is 6.36. The minimum atomic E-state index is -0.182. The average Bonchev–Trinajstić information content (AvgIpc) is 2.21. The van der Waals surface area contributed by atoms with E-state index >= 15 is 0 Å². The van der Waals surface area contributed by atoms with Crippen LogP contribution < -0.4 is 5.73 Å². The molecule has 1 aromatic rings. The number of halogens is 2. The van der Waals surface area contributed by atoms with E-state index in [1.165, 1.54) is 6.07 Å². The second-order valence-corrected chi connectivity index (χ2v) is 5.53. The lowest BCUT2D eigenvalue weighted by Crippen LogP contribution is -2.19. The van der Waals surface area contributed by atoms with Crippen LogP contribution in [0.25, 0.3) is 0 Å². The molecule has 0 saturated heterocycles. The van der Waals surface area contributed by atoms with Crippen molar-refractivity contribution in [3.63, 3.8) is 0 Å². The highest BCUT2D eigenvalue weighted by molar-refractivity contribution is 9.10. The molecule has 0 fully saturated rings. The van der Waals surface area contributed by atoms with Crippen LogP contribution in [0.3, 0.4) is 0 Å². The monoisotopic (exact) mass is 287 g/mol. The first-order chi connectivity index (χ1) is 7.52. The summed E-state index contributed by atoms with van der Waals surface area (Å²) in [4.78, 5) is 0. The summed E-state index contributed by atoms with van der Waals surface area (Å²) in [7, 11) is 0. The van der Waals surface area contributed by atoms with E-state index in [9.17, 15) is 4.39 Å². The summed E-state index contributed by atoms with van der Waals surface area (Å²) in [6.45, 7) is 5.02.